The van der Waals surface area contributed by atoms with Crippen molar-refractivity contribution in [2.75, 3.05) is 6.61 Å². The minimum atomic E-state index is -1.13. The Balaban J connectivity index is 1.96. The highest BCUT2D eigenvalue weighted by Gasteiger charge is 2.18. The van der Waals surface area contributed by atoms with Crippen molar-refractivity contribution in [3.05, 3.63) is 41.0 Å². The second kappa shape index (κ2) is 7.41. The average molecular weight is 395 g/mol. The number of hydrogen-bond donors (Lipinski definition) is 0. The quantitative estimate of drug-likeness (QED) is 0.252. The number of pyridine rings is 1. The molecule has 0 atom stereocenters. The second-order valence-electron chi connectivity index (χ2n) is 7.06. The highest BCUT2D eigenvalue weighted by Crippen LogP contribution is 2.33. The summed E-state index contributed by atoms with van der Waals surface area (Å²) in [6.07, 6.45) is 3.69. The molecule has 0 aliphatic heterocycles. The Kier molecular flexibility index (Phi) is 5.43. The largest absolute Gasteiger partial charge is 0.361 e. The van der Waals surface area contributed by atoms with E-state index in [4.69, 9.17) is 27.9 Å². The number of nitrogens with zero attached hydrogens (tertiary/aromatic N) is 4. The third-order valence-electron chi connectivity index (χ3n) is 3.81. The van der Waals surface area contributed by atoms with Crippen molar-refractivity contribution in [2.45, 2.75) is 32.4 Å². The molecule has 0 aliphatic carbocycles. The van der Waals surface area contributed by atoms with Gasteiger partial charge in [-0.15, -0.1) is 0 Å². The number of aromatic nitrogens is 4. The van der Waals surface area contributed by atoms with Crippen LogP contribution in [0, 0.1) is 0 Å². The summed E-state index contributed by atoms with van der Waals surface area (Å²) in [5.41, 5.74) is 2.32. The molecule has 0 aliphatic rings. The van der Waals surface area contributed by atoms with E-state index in [1.807, 2.05) is 29.0 Å². The summed E-state index contributed by atoms with van der Waals surface area (Å²) in [4.78, 5) is 12.8. The monoisotopic (exact) mass is 394 g/mol. The Morgan fingerprint density at radius 2 is 1.96 bits per heavy atom. The van der Waals surface area contributed by atoms with Crippen molar-refractivity contribution in [1.29, 1.82) is 0 Å². The normalized spacial score (nSPS) is 12.0. The Morgan fingerprint density at radius 1 is 1.16 bits per heavy atom. The van der Waals surface area contributed by atoms with E-state index in [0.29, 0.717) is 17.5 Å². The van der Waals surface area contributed by atoms with Crippen LogP contribution in [-0.2, 0) is 11.5 Å². The molecule has 3 rings (SSSR count). The lowest BCUT2D eigenvalue weighted by molar-refractivity contribution is 0.0899. The maximum atomic E-state index is 6.34. The fourth-order valence-electron chi connectivity index (χ4n) is 2.47. The predicted molar refractivity (Wildman–Crippen MR) is 105 cm³/mol. The lowest BCUT2D eigenvalue weighted by atomic mass is 10.1. The Hall–Kier alpha value is -1.47. The topological polar surface area (TPSA) is 52.8 Å². The number of fused-ring (bicyclic) bond motifs is 1. The molecular formula is C17H20Cl2N4OSi. The van der Waals surface area contributed by atoms with Crippen LogP contribution in [0.2, 0.25) is 36.1 Å². The molecule has 0 radical (unpaired) electrons. The van der Waals surface area contributed by atoms with E-state index in [9.17, 15) is 0 Å². The maximum Gasteiger partial charge on any atom is 0.225 e. The van der Waals surface area contributed by atoms with E-state index in [1.165, 1.54) is 0 Å². The smallest absolute Gasteiger partial charge is 0.225 e. The molecule has 25 heavy (non-hydrogen) atoms. The van der Waals surface area contributed by atoms with Gasteiger partial charge in [0, 0.05) is 32.6 Å². The van der Waals surface area contributed by atoms with E-state index in [-0.39, 0.29) is 5.28 Å². The first-order chi connectivity index (χ1) is 11.8. The van der Waals surface area contributed by atoms with Gasteiger partial charge in [-0.1, -0.05) is 37.3 Å². The zero-order valence-corrected chi connectivity index (χ0v) is 17.0. The van der Waals surface area contributed by atoms with E-state index >= 15 is 0 Å². The molecule has 0 bridgehead atoms. The lowest BCUT2D eigenvalue weighted by Crippen LogP contribution is -2.22. The molecule has 0 unspecified atom stereocenters. The first kappa shape index (κ1) is 18.3. The molecule has 0 N–H and O–H groups in total. The standard InChI is InChI=1S/C17H20Cl2N4OSi/c1-25(2,3)9-8-24-11-23-10-12(13-6-4-5-7-20-13)14-15(18)21-17(19)22-16(14)23/h4-7,10H,8-9,11H2,1-3H3. The number of halogens is 2. The predicted octanol–water partition coefficient (Wildman–Crippen LogP) is 5.11. The first-order valence-electron chi connectivity index (χ1n) is 8.06. The van der Waals surface area contributed by atoms with Gasteiger partial charge in [0.2, 0.25) is 5.28 Å². The van der Waals surface area contributed by atoms with Gasteiger partial charge in [0.15, 0.2) is 0 Å². The van der Waals surface area contributed by atoms with Crippen molar-refractivity contribution >= 4 is 42.3 Å². The van der Waals surface area contributed by atoms with Crippen LogP contribution in [-0.4, -0.2) is 34.2 Å². The number of rotatable bonds is 6. The number of hydrogen-bond acceptors (Lipinski definition) is 4. The average Bonchev–Trinajstić information content (AvgIpc) is 2.90. The molecule has 5 nitrogen and oxygen atoms in total. The fraction of sp³-hybridized carbons (Fsp3) is 0.353. The van der Waals surface area contributed by atoms with Crippen molar-refractivity contribution in [2.24, 2.45) is 0 Å². The van der Waals surface area contributed by atoms with E-state index in [2.05, 4.69) is 34.6 Å². The van der Waals surface area contributed by atoms with Crippen molar-refractivity contribution in [3.8, 4) is 11.3 Å². The van der Waals surface area contributed by atoms with E-state index in [1.54, 1.807) is 6.20 Å². The van der Waals surface area contributed by atoms with Gasteiger partial charge >= 0.3 is 0 Å². The highest BCUT2D eigenvalue weighted by molar-refractivity contribution is 6.76. The van der Waals surface area contributed by atoms with Gasteiger partial charge in [-0.3, -0.25) is 4.98 Å². The second-order valence-corrected chi connectivity index (χ2v) is 13.4. The molecule has 3 heterocycles. The zero-order chi connectivity index (χ0) is 18.0. The zero-order valence-electron chi connectivity index (χ0n) is 14.5. The highest BCUT2D eigenvalue weighted by atomic mass is 35.5. The molecule has 8 heteroatoms. The summed E-state index contributed by atoms with van der Waals surface area (Å²) in [5.74, 6) is 0. The lowest BCUT2D eigenvalue weighted by Gasteiger charge is -2.15. The van der Waals surface area contributed by atoms with Gasteiger partial charge in [-0.2, -0.15) is 4.98 Å². The van der Waals surface area contributed by atoms with Crippen molar-refractivity contribution < 1.29 is 4.74 Å². The van der Waals surface area contributed by atoms with E-state index < -0.39 is 8.07 Å². The van der Waals surface area contributed by atoms with Gasteiger partial charge in [0.05, 0.1) is 11.1 Å². The third kappa shape index (κ3) is 4.38. The first-order valence-corrected chi connectivity index (χ1v) is 12.5. The van der Waals surface area contributed by atoms with Crippen LogP contribution in [0.5, 0.6) is 0 Å². The summed E-state index contributed by atoms with van der Waals surface area (Å²) in [5, 5.41) is 1.17. The molecule has 3 aromatic heterocycles. The molecule has 132 valence electrons. The third-order valence-corrected chi connectivity index (χ3v) is 5.96. The molecule has 3 aromatic rings. The molecule has 0 aromatic carbocycles. The Morgan fingerprint density at radius 3 is 2.64 bits per heavy atom. The molecule has 0 saturated heterocycles. The van der Waals surface area contributed by atoms with Gasteiger partial charge in [-0.05, 0) is 29.8 Å². The SMILES string of the molecule is C[Si](C)(C)CCOCn1cc(-c2ccccn2)c2c(Cl)nc(Cl)nc21. The minimum Gasteiger partial charge on any atom is -0.361 e. The Bertz CT molecular complexity index is 878. The van der Waals surface area contributed by atoms with Gasteiger partial charge in [-0.25, -0.2) is 4.98 Å². The molecule has 0 spiro atoms. The van der Waals surface area contributed by atoms with Crippen LogP contribution in [0.15, 0.2) is 30.6 Å². The summed E-state index contributed by atoms with van der Waals surface area (Å²) in [7, 11) is -1.13. The number of ether oxygens (including phenoxy) is 1. The molecule has 0 fully saturated rings. The maximum absolute atomic E-state index is 6.34. The molecule has 0 saturated carbocycles. The minimum absolute atomic E-state index is 0.117. The fourth-order valence-corrected chi connectivity index (χ4v) is 3.71. The van der Waals surface area contributed by atoms with Gasteiger partial charge < -0.3 is 9.30 Å². The van der Waals surface area contributed by atoms with E-state index in [0.717, 1.165) is 29.3 Å². The van der Waals surface area contributed by atoms with Crippen molar-refractivity contribution in [1.82, 2.24) is 19.5 Å². The van der Waals surface area contributed by atoms with Crippen LogP contribution < -0.4 is 0 Å². The van der Waals surface area contributed by atoms with Gasteiger partial charge in [0.25, 0.3) is 0 Å². The van der Waals surface area contributed by atoms with Crippen LogP contribution >= 0.6 is 23.2 Å². The summed E-state index contributed by atoms with van der Waals surface area (Å²) in [6.45, 7) is 8.09. The van der Waals surface area contributed by atoms with Crippen LogP contribution in [0.4, 0.5) is 0 Å². The van der Waals surface area contributed by atoms with Crippen LogP contribution in [0.3, 0.4) is 0 Å². The van der Waals surface area contributed by atoms with Crippen LogP contribution in [0.25, 0.3) is 22.3 Å². The van der Waals surface area contributed by atoms with Crippen LogP contribution in [0.1, 0.15) is 0 Å². The summed E-state index contributed by atoms with van der Waals surface area (Å²) < 4.78 is 7.77. The molecule has 0 amide bonds. The Labute approximate surface area is 158 Å². The molecular weight excluding hydrogens is 375 g/mol. The van der Waals surface area contributed by atoms with Gasteiger partial charge in [0.1, 0.15) is 17.5 Å². The summed E-state index contributed by atoms with van der Waals surface area (Å²) in [6, 6.07) is 6.84. The van der Waals surface area contributed by atoms with Crippen molar-refractivity contribution in [3.63, 3.8) is 0 Å². The summed E-state index contributed by atoms with van der Waals surface area (Å²) >= 11 is 12.3.